The van der Waals surface area contributed by atoms with Crippen LogP contribution >= 0.6 is 15.9 Å². The number of halogens is 1. The number of anilines is 1. The van der Waals surface area contributed by atoms with Crippen molar-refractivity contribution < 1.29 is 0 Å². The van der Waals surface area contributed by atoms with E-state index in [2.05, 4.69) is 38.2 Å². The summed E-state index contributed by atoms with van der Waals surface area (Å²) in [6.45, 7) is 2.26. The second kappa shape index (κ2) is 5.64. The van der Waals surface area contributed by atoms with E-state index in [1.54, 1.807) is 0 Å². The van der Waals surface area contributed by atoms with E-state index in [1.165, 1.54) is 19.3 Å². The second-order valence-electron chi connectivity index (χ2n) is 4.25. The summed E-state index contributed by atoms with van der Waals surface area (Å²) in [6.07, 6.45) is 5.54. The highest BCUT2D eigenvalue weighted by Crippen LogP contribution is 2.25. The van der Waals surface area contributed by atoms with E-state index in [0.717, 1.165) is 23.4 Å². The van der Waals surface area contributed by atoms with E-state index in [0.29, 0.717) is 6.04 Å². The minimum absolute atomic E-state index is 0.598. The number of hydrogen-bond acceptors (Lipinski definition) is 3. The molecular formula is C12H18BrN3. The molecule has 3 nitrogen and oxygen atoms in total. The van der Waals surface area contributed by atoms with Gasteiger partial charge in [0.15, 0.2) is 0 Å². The van der Waals surface area contributed by atoms with Crippen LogP contribution in [0.25, 0.3) is 0 Å². The smallest absolute Gasteiger partial charge is 0.142 e. The van der Waals surface area contributed by atoms with Gasteiger partial charge in [0.25, 0.3) is 0 Å². The summed E-state index contributed by atoms with van der Waals surface area (Å²) in [5.41, 5.74) is 0. The van der Waals surface area contributed by atoms with Crippen LogP contribution in [0.3, 0.4) is 0 Å². The number of aromatic nitrogens is 1. The average Bonchev–Trinajstić information content (AvgIpc) is 2.57. The van der Waals surface area contributed by atoms with Crippen LogP contribution in [0.4, 0.5) is 5.82 Å². The van der Waals surface area contributed by atoms with Gasteiger partial charge >= 0.3 is 0 Å². The molecule has 0 radical (unpaired) electrons. The quantitative estimate of drug-likeness (QED) is 0.904. The van der Waals surface area contributed by atoms with Gasteiger partial charge in [-0.25, -0.2) is 4.98 Å². The topological polar surface area (TPSA) is 28.2 Å². The third-order valence-corrected chi connectivity index (χ3v) is 3.79. The summed E-state index contributed by atoms with van der Waals surface area (Å²) in [5.74, 6) is 1.05. The van der Waals surface area contributed by atoms with E-state index in [9.17, 15) is 0 Å². The van der Waals surface area contributed by atoms with Gasteiger partial charge in [0.2, 0.25) is 0 Å². The Balaban J connectivity index is 2.11. The molecule has 1 aromatic heterocycles. The molecule has 1 fully saturated rings. The molecule has 1 aliphatic rings. The first-order valence-electron chi connectivity index (χ1n) is 5.83. The summed E-state index contributed by atoms with van der Waals surface area (Å²) < 4.78 is 1.08. The molecular weight excluding hydrogens is 266 g/mol. The van der Waals surface area contributed by atoms with Gasteiger partial charge in [0.05, 0.1) is 4.47 Å². The lowest BCUT2D eigenvalue weighted by molar-refractivity contribution is 0.562. The van der Waals surface area contributed by atoms with Crippen molar-refractivity contribution in [3.05, 3.63) is 22.8 Å². The number of nitrogens with one attached hydrogen (secondary N) is 1. The van der Waals surface area contributed by atoms with Crippen molar-refractivity contribution in [2.75, 3.05) is 25.0 Å². The van der Waals surface area contributed by atoms with Crippen molar-refractivity contribution >= 4 is 21.7 Å². The molecule has 1 N–H and O–H groups in total. The Kier molecular flexibility index (Phi) is 4.18. The molecule has 4 heteroatoms. The van der Waals surface area contributed by atoms with Gasteiger partial charge in [0.1, 0.15) is 5.82 Å². The normalized spacial score (nSPS) is 21.5. The molecule has 1 aliphatic heterocycles. The average molecular weight is 284 g/mol. The number of hydrogen-bond donors (Lipinski definition) is 1. The second-order valence-corrected chi connectivity index (χ2v) is 5.11. The van der Waals surface area contributed by atoms with Crippen molar-refractivity contribution in [2.45, 2.75) is 25.3 Å². The van der Waals surface area contributed by atoms with Crippen LogP contribution in [0.1, 0.15) is 19.3 Å². The van der Waals surface area contributed by atoms with Crippen molar-refractivity contribution in [1.82, 2.24) is 10.3 Å². The fourth-order valence-electron chi connectivity index (χ4n) is 2.20. The van der Waals surface area contributed by atoms with E-state index in [-0.39, 0.29) is 0 Å². The Morgan fingerprint density at radius 1 is 1.44 bits per heavy atom. The lowest BCUT2D eigenvalue weighted by Gasteiger charge is -2.28. The van der Waals surface area contributed by atoms with Gasteiger partial charge in [-0.15, -0.1) is 0 Å². The van der Waals surface area contributed by atoms with E-state index >= 15 is 0 Å². The Labute approximate surface area is 105 Å². The molecule has 1 atom stereocenters. The molecule has 1 aromatic rings. The summed E-state index contributed by atoms with van der Waals surface area (Å²) in [5, 5.41) is 3.44. The molecule has 88 valence electrons. The van der Waals surface area contributed by atoms with Crippen LogP contribution in [0.15, 0.2) is 22.8 Å². The summed E-state index contributed by atoms with van der Waals surface area (Å²) in [4.78, 5) is 6.75. The third kappa shape index (κ3) is 2.74. The zero-order chi connectivity index (χ0) is 11.4. The van der Waals surface area contributed by atoms with Crippen LogP contribution in [-0.2, 0) is 0 Å². The molecule has 16 heavy (non-hydrogen) atoms. The minimum atomic E-state index is 0.598. The van der Waals surface area contributed by atoms with E-state index < -0.39 is 0 Å². The van der Waals surface area contributed by atoms with Gasteiger partial charge < -0.3 is 10.2 Å². The predicted molar refractivity (Wildman–Crippen MR) is 70.8 cm³/mol. The highest BCUT2D eigenvalue weighted by Gasteiger charge is 2.19. The van der Waals surface area contributed by atoms with Crippen molar-refractivity contribution in [2.24, 2.45) is 0 Å². The molecule has 0 spiro atoms. The summed E-state index contributed by atoms with van der Waals surface area (Å²) in [6, 6.07) is 4.60. The van der Waals surface area contributed by atoms with E-state index in [4.69, 9.17) is 0 Å². The fraction of sp³-hybridized carbons (Fsp3) is 0.583. The molecule has 0 saturated carbocycles. The monoisotopic (exact) mass is 283 g/mol. The maximum atomic E-state index is 4.44. The first-order chi connectivity index (χ1) is 7.79. The number of rotatable bonds is 2. The van der Waals surface area contributed by atoms with Gasteiger partial charge in [-0.05, 0) is 60.4 Å². The SMILES string of the molecule is CN(c1ncccc1Br)C1CCCNCC1. The first kappa shape index (κ1) is 11.9. The first-order valence-corrected chi connectivity index (χ1v) is 6.62. The van der Waals surface area contributed by atoms with Gasteiger partial charge in [0, 0.05) is 19.3 Å². The maximum Gasteiger partial charge on any atom is 0.142 e. The van der Waals surface area contributed by atoms with Gasteiger partial charge in [-0.3, -0.25) is 0 Å². The van der Waals surface area contributed by atoms with Crippen molar-refractivity contribution in [1.29, 1.82) is 0 Å². The van der Waals surface area contributed by atoms with Crippen LogP contribution in [0, 0.1) is 0 Å². The van der Waals surface area contributed by atoms with Crippen LogP contribution in [0.2, 0.25) is 0 Å². The molecule has 0 aromatic carbocycles. The Hall–Kier alpha value is -0.610. The van der Waals surface area contributed by atoms with E-state index in [1.807, 2.05) is 18.3 Å². The lowest BCUT2D eigenvalue weighted by Crippen LogP contribution is -2.33. The standard InChI is InChI=1S/C12H18BrN3/c1-16(10-4-2-7-14-9-6-10)12-11(13)5-3-8-15-12/h3,5,8,10,14H,2,4,6-7,9H2,1H3. The Morgan fingerprint density at radius 2 is 2.31 bits per heavy atom. The van der Waals surface area contributed by atoms with Crippen LogP contribution in [-0.4, -0.2) is 31.2 Å². The maximum absolute atomic E-state index is 4.44. The molecule has 2 rings (SSSR count). The number of pyridine rings is 1. The molecule has 1 unspecified atom stereocenters. The molecule has 0 aliphatic carbocycles. The predicted octanol–water partition coefficient (Wildman–Crippen LogP) is 2.42. The van der Waals surface area contributed by atoms with Gasteiger partial charge in [-0.1, -0.05) is 0 Å². The Morgan fingerprint density at radius 3 is 3.12 bits per heavy atom. The summed E-state index contributed by atoms with van der Waals surface area (Å²) in [7, 11) is 2.14. The fourth-order valence-corrected chi connectivity index (χ4v) is 2.73. The van der Waals surface area contributed by atoms with Crippen molar-refractivity contribution in [3.8, 4) is 0 Å². The van der Waals surface area contributed by atoms with Gasteiger partial charge in [-0.2, -0.15) is 0 Å². The molecule has 1 saturated heterocycles. The zero-order valence-electron chi connectivity index (χ0n) is 9.62. The highest BCUT2D eigenvalue weighted by atomic mass is 79.9. The Bertz CT molecular complexity index is 335. The zero-order valence-corrected chi connectivity index (χ0v) is 11.2. The van der Waals surface area contributed by atoms with Crippen molar-refractivity contribution in [3.63, 3.8) is 0 Å². The number of nitrogens with zero attached hydrogens (tertiary/aromatic N) is 2. The van der Waals surface area contributed by atoms with Crippen LogP contribution in [0.5, 0.6) is 0 Å². The highest BCUT2D eigenvalue weighted by molar-refractivity contribution is 9.10. The molecule has 2 heterocycles. The molecule has 0 bridgehead atoms. The minimum Gasteiger partial charge on any atom is -0.356 e. The largest absolute Gasteiger partial charge is 0.356 e. The van der Waals surface area contributed by atoms with Crippen LogP contribution < -0.4 is 10.2 Å². The molecule has 0 amide bonds. The lowest BCUT2D eigenvalue weighted by atomic mass is 10.1. The summed E-state index contributed by atoms with van der Waals surface area (Å²) >= 11 is 3.56. The third-order valence-electron chi connectivity index (χ3n) is 3.17.